The van der Waals surface area contributed by atoms with Crippen molar-refractivity contribution in [2.75, 3.05) is 19.8 Å². The van der Waals surface area contributed by atoms with Crippen molar-refractivity contribution in [1.29, 1.82) is 0 Å². The summed E-state index contributed by atoms with van der Waals surface area (Å²) in [6.45, 7) is 2.16. The number of carbonyl (C=O) groups excluding carboxylic acids is 1. The van der Waals surface area contributed by atoms with Crippen molar-refractivity contribution >= 4 is 5.78 Å². The predicted octanol–water partition coefficient (Wildman–Crippen LogP) is 1.37. The van der Waals surface area contributed by atoms with Crippen LogP contribution in [0, 0.1) is 17.8 Å². The third-order valence-electron chi connectivity index (χ3n) is 4.66. The largest absolute Gasteiger partial charge is 0.378 e. The highest BCUT2D eigenvalue weighted by Gasteiger charge is 2.40. The first-order chi connectivity index (χ1) is 7.83. The van der Waals surface area contributed by atoms with E-state index in [4.69, 9.17) is 4.74 Å². The fourth-order valence-corrected chi connectivity index (χ4v) is 3.80. The summed E-state index contributed by atoms with van der Waals surface area (Å²) in [5.74, 6) is 2.88. The molecule has 3 nitrogen and oxygen atoms in total. The van der Waals surface area contributed by atoms with Crippen LogP contribution in [-0.4, -0.2) is 31.6 Å². The molecule has 0 amide bonds. The van der Waals surface area contributed by atoms with Crippen molar-refractivity contribution in [3.63, 3.8) is 0 Å². The Hall–Kier alpha value is -0.410. The van der Waals surface area contributed by atoms with Crippen LogP contribution in [-0.2, 0) is 9.53 Å². The van der Waals surface area contributed by atoms with E-state index >= 15 is 0 Å². The van der Waals surface area contributed by atoms with E-state index in [1.807, 2.05) is 0 Å². The molecule has 0 spiro atoms. The molecule has 1 aliphatic heterocycles. The molecule has 3 heteroatoms. The molecular weight excluding hydrogens is 202 g/mol. The lowest BCUT2D eigenvalue weighted by Crippen LogP contribution is -2.47. The van der Waals surface area contributed by atoms with Gasteiger partial charge in [-0.2, -0.15) is 0 Å². The van der Waals surface area contributed by atoms with Crippen molar-refractivity contribution in [2.45, 2.75) is 38.1 Å². The van der Waals surface area contributed by atoms with E-state index in [0.717, 1.165) is 31.4 Å². The number of nitrogens with one attached hydrogen (secondary N) is 1. The third-order valence-corrected chi connectivity index (χ3v) is 4.66. The van der Waals surface area contributed by atoms with E-state index < -0.39 is 0 Å². The van der Waals surface area contributed by atoms with E-state index in [2.05, 4.69) is 5.32 Å². The molecule has 0 aromatic carbocycles. The van der Waals surface area contributed by atoms with Gasteiger partial charge >= 0.3 is 0 Å². The van der Waals surface area contributed by atoms with Gasteiger partial charge in [0.25, 0.3) is 0 Å². The Morgan fingerprint density at radius 1 is 1.31 bits per heavy atom. The number of Topliss-reactive ketones (excluding diaryl/α,β-unsaturated/α-hetero) is 1. The molecule has 3 fully saturated rings. The van der Waals surface area contributed by atoms with Gasteiger partial charge in [-0.25, -0.2) is 0 Å². The minimum Gasteiger partial charge on any atom is -0.378 e. The lowest BCUT2D eigenvalue weighted by Gasteiger charge is -2.26. The molecule has 4 unspecified atom stereocenters. The minimum atomic E-state index is -0.0205. The number of ketones is 1. The van der Waals surface area contributed by atoms with Crippen LogP contribution in [0.4, 0.5) is 0 Å². The molecule has 2 saturated carbocycles. The average Bonchev–Trinajstić information content (AvgIpc) is 2.92. The Balaban J connectivity index is 1.52. The van der Waals surface area contributed by atoms with Crippen molar-refractivity contribution in [2.24, 2.45) is 17.8 Å². The average molecular weight is 223 g/mol. The van der Waals surface area contributed by atoms with Crippen LogP contribution in [0.2, 0.25) is 0 Å². The normalized spacial score (nSPS) is 42.5. The molecule has 90 valence electrons. The van der Waals surface area contributed by atoms with E-state index in [9.17, 15) is 4.79 Å². The van der Waals surface area contributed by atoms with E-state index in [-0.39, 0.29) is 6.04 Å². The molecule has 0 aromatic heterocycles. The van der Waals surface area contributed by atoms with Crippen molar-refractivity contribution in [3.05, 3.63) is 0 Å². The number of hydrogen-bond donors (Lipinski definition) is 1. The van der Waals surface area contributed by atoms with E-state index in [1.54, 1.807) is 0 Å². The fourth-order valence-electron chi connectivity index (χ4n) is 3.80. The Labute approximate surface area is 96.9 Å². The number of fused-ring (bicyclic) bond motifs is 2. The summed E-state index contributed by atoms with van der Waals surface area (Å²) in [5.41, 5.74) is 0. The molecule has 16 heavy (non-hydrogen) atoms. The first kappa shape index (κ1) is 10.7. The Bertz CT molecular complexity index is 273. The topological polar surface area (TPSA) is 38.3 Å². The van der Waals surface area contributed by atoms with Crippen LogP contribution in [0.5, 0.6) is 0 Å². The number of hydrogen-bond acceptors (Lipinski definition) is 3. The van der Waals surface area contributed by atoms with Crippen LogP contribution in [0.25, 0.3) is 0 Å². The van der Waals surface area contributed by atoms with Crippen LogP contribution in [0.1, 0.15) is 32.1 Å². The molecule has 0 radical (unpaired) electrons. The van der Waals surface area contributed by atoms with Crippen LogP contribution < -0.4 is 5.32 Å². The number of rotatable bonds is 3. The Kier molecular flexibility index (Phi) is 2.99. The highest BCUT2D eigenvalue weighted by Crippen LogP contribution is 2.49. The summed E-state index contributed by atoms with van der Waals surface area (Å²) in [6.07, 6.45) is 6.29. The molecule has 3 rings (SSSR count). The first-order valence-corrected chi connectivity index (χ1v) is 6.67. The maximum absolute atomic E-state index is 12.1. The molecule has 0 aromatic rings. The Morgan fingerprint density at radius 2 is 2.25 bits per heavy atom. The van der Waals surface area contributed by atoms with Gasteiger partial charge in [0.05, 0.1) is 19.3 Å². The molecule has 1 N–H and O–H groups in total. The summed E-state index contributed by atoms with van der Waals surface area (Å²) in [6, 6.07) is -0.0205. The van der Waals surface area contributed by atoms with Crippen molar-refractivity contribution in [3.8, 4) is 0 Å². The zero-order valence-corrected chi connectivity index (χ0v) is 9.78. The van der Waals surface area contributed by atoms with Gasteiger partial charge in [0.2, 0.25) is 0 Å². The third kappa shape index (κ3) is 2.03. The van der Waals surface area contributed by atoms with E-state index in [1.165, 1.54) is 25.7 Å². The SMILES string of the molecule is O=C(CC1CC2CCC1C2)C1COCCN1. The number of carbonyl (C=O) groups is 1. The molecule has 4 atom stereocenters. The van der Waals surface area contributed by atoms with Crippen molar-refractivity contribution in [1.82, 2.24) is 5.32 Å². The number of morpholine rings is 1. The van der Waals surface area contributed by atoms with Gasteiger partial charge in [-0.05, 0) is 37.0 Å². The molecule has 1 saturated heterocycles. The van der Waals surface area contributed by atoms with Crippen LogP contribution in [0.3, 0.4) is 0 Å². The summed E-state index contributed by atoms with van der Waals surface area (Å²) in [4.78, 5) is 12.1. The quantitative estimate of drug-likeness (QED) is 0.785. The molecule has 1 heterocycles. The number of ether oxygens (including phenoxy) is 1. The monoisotopic (exact) mass is 223 g/mol. The Morgan fingerprint density at radius 3 is 2.88 bits per heavy atom. The summed E-state index contributed by atoms with van der Waals surface area (Å²) >= 11 is 0. The zero-order valence-electron chi connectivity index (χ0n) is 9.78. The maximum atomic E-state index is 12.1. The van der Waals surface area contributed by atoms with Gasteiger partial charge in [0.15, 0.2) is 5.78 Å². The standard InChI is InChI=1S/C13H21NO2/c15-13(12-8-16-4-3-14-12)7-11-6-9-1-2-10(11)5-9/h9-12,14H,1-8H2. The highest BCUT2D eigenvalue weighted by molar-refractivity contribution is 5.84. The van der Waals surface area contributed by atoms with Crippen molar-refractivity contribution < 1.29 is 9.53 Å². The summed E-state index contributed by atoms with van der Waals surface area (Å²) in [5, 5.41) is 3.26. The minimum absolute atomic E-state index is 0.0205. The highest BCUT2D eigenvalue weighted by atomic mass is 16.5. The lowest BCUT2D eigenvalue weighted by atomic mass is 9.84. The smallest absolute Gasteiger partial charge is 0.152 e. The molecule has 3 aliphatic rings. The van der Waals surface area contributed by atoms with Crippen LogP contribution >= 0.6 is 0 Å². The predicted molar refractivity (Wildman–Crippen MR) is 61.2 cm³/mol. The van der Waals surface area contributed by atoms with Gasteiger partial charge in [-0.15, -0.1) is 0 Å². The molecule has 2 aliphatic carbocycles. The van der Waals surface area contributed by atoms with Gasteiger partial charge in [-0.1, -0.05) is 6.42 Å². The lowest BCUT2D eigenvalue weighted by molar-refractivity contribution is -0.125. The van der Waals surface area contributed by atoms with Gasteiger partial charge < -0.3 is 10.1 Å². The second-order valence-electron chi connectivity index (χ2n) is 5.69. The van der Waals surface area contributed by atoms with Crippen LogP contribution in [0.15, 0.2) is 0 Å². The van der Waals surface area contributed by atoms with E-state index in [0.29, 0.717) is 18.3 Å². The summed E-state index contributed by atoms with van der Waals surface area (Å²) < 4.78 is 5.35. The van der Waals surface area contributed by atoms with Gasteiger partial charge in [-0.3, -0.25) is 4.79 Å². The molecule has 2 bridgehead atoms. The second-order valence-corrected chi connectivity index (χ2v) is 5.69. The first-order valence-electron chi connectivity index (χ1n) is 6.67. The molecular formula is C13H21NO2. The van der Waals surface area contributed by atoms with Gasteiger partial charge in [0, 0.05) is 13.0 Å². The van der Waals surface area contributed by atoms with Gasteiger partial charge in [0.1, 0.15) is 0 Å². The summed E-state index contributed by atoms with van der Waals surface area (Å²) in [7, 11) is 0. The zero-order chi connectivity index (χ0) is 11.0. The second kappa shape index (κ2) is 4.46. The fraction of sp³-hybridized carbons (Fsp3) is 0.923. The maximum Gasteiger partial charge on any atom is 0.152 e.